The fraction of sp³-hybridized carbons (Fsp3) is 0.200. The molecule has 1 N–H and O–H groups in total. The smallest absolute Gasteiger partial charge is 0.269 e. The van der Waals surface area contributed by atoms with Gasteiger partial charge < -0.3 is 9.47 Å². The summed E-state index contributed by atoms with van der Waals surface area (Å²) >= 11 is 0. The molecular formula is C15H16N2O6S. The molecule has 24 heavy (non-hydrogen) atoms. The maximum absolute atomic E-state index is 12.3. The van der Waals surface area contributed by atoms with Gasteiger partial charge in [-0.25, -0.2) is 13.1 Å². The highest BCUT2D eigenvalue weighted by Crippen LogP contribution is 2.24. The quantitative estimate of drug-likeness (QED) is 0.604. The molecule has 0 aliphatic rings. The number of sulfonamides is 1. The van der Waals surface area contributed by atoms with E-state index in [0.29, 0.717) is 17.1 Å². The van der Waals surface area contributed by atoms with Gasteiger partial charge in [0.2, 0.25) is 10.0 Å². The molecule has 0 saturated carbocycles. The second-order valence-corrected chi connectivity index (χ2v) is 6.52. The molecule has 0 aliphatic carbocycles. The Balaban J connectivity index is 2.19. The summed E-state index contributed by atoms with van der Waals surface area (Å²) in [6.45, 7) is -0.0142. The first kappa shape index (κ1) is 17.7. The summed E-state index contributed by atoms with van der Waals surface area (Å²) < 4.78 is 37.3. The van der Waals surface area contributed by atoms with Crippen molar-refractivity contribution in [1.29, 1.82) is 0 Å². The SMILES string of the molecule is COc1ccc(OC)c(CNS(=O)(=O)c2ccc([N+](=O)[O-])cc2)c1. The standard InChI is InChI=1S/C15H16N2O6S/c1-22-13-5-8-15(23-2)11(9-13)10-16-24(20,21)14-6-3-12(4-7-14)17(18)19/h3-9,16H,10H2,1-2H3. The number of non-ortho nitro benzene ring substituents is 1. The largest absolute Gasteiger partial charge is 0.497 e. The van der Waals surface area contributed by atoms with E-state index in [1.807, 2.05) is 0 Å². The van der Waals surface area contributed by atoms with E-state index in [9.17, 15) is 18.5 Å². The molecule has 0 amide bonds. The summed E-state index contributed by atoms with van der Waals surface area (Å²) in [6.07, 6.45) is 0. The molecule has 0 atom stereocenters. The Bertz CT molecular complexity index is 834. The van der Waals surface area contributed by atoms with E-state index in [-0.39, 0.29) is 17.1 Å². The predicted molar refractivity (Wildman–Crippen MR) is 86.7 cm³/mol. The third-order valence-corrected chi connectivity index (χ3v) is 4.72. The highest BCUT2D eigenvalue weighted by Gasteiger charge is 2.17. The van der Waals surface area contributed by atoms with Gasteiger partial charge in [0.1, 0.15) is 11.5 Å². The lowest BCUT2D eigenvalue weighted by Gasteiger charge is -2.12. The van der Waals surface area contributed by atoms with Crippen LogP contribution in [0, 0.1) is 10.1 Å². The minimum Gasteiger partial charge on any atom is -0.497 e. The zero-order valence-corrected chi connectivity index (χ0v) is 13.9. The number of nitrogens with zero attached hydrogens (tertiary/aromatic N) is 1. The van der Waals surface area contributed by atoms with Crippen LogP contribution in [0.25, 0.3) is 0 Å². The Hall–Kier alpha value is -2.65. The molecule has 2 aromatic carbocycles. The van der Waals surface area contributed by atoms with Crippen LogP contribution in [0.3, 0.4) is 0 Å². The lowest BCUT2D eigenvalue weighted by Crippen LogP contribution is -2.23. The molecule has 9 heteroatoms. The van der Waals surface area contributed by atoms with Crippen LogP contribution in [0.15, 0.2) is 47.4 Å². The molecule has 0 fully saturated rings. The van der Waals surface area contributed by atoms with E-state index in [2.05, 4.69) is 4.72 Å². The second kappa shape index (κ2) is 7.28. The van der Waals surface area contributed by atoms with Crippen LogP contribution in [0.5, 0.6) is 11.5 Å². The third-order valence-electron chi connectivity index (χ3n) is 3.30. The van der Waals surface area contributed by atoms with Crippen LogP contribution in [0.1, 0.15) is 5.56 Å². The summed E-state index contributed by atoms with van der Waals surface area (Å²) in [5.74, 6) is 1.09. The molecule has 0 aromatic heterocycles. The molecule has 0 unspecified atom stereocenters. The number of rotatable bonds is 7. The highest BCUT2D eigenvalue weighted by molar-refractivity contribution is 7.89. The second-order valence-electron chi connectivity index (χ2n) is 4.75. The molecule has 0 aliphatic heterocycles. The number of hydrogen-bond donors (Lipinski definition) is 1. The van der Waals surface area contributed by atoms with Gasteiger partial charge in [-0.1, -0.05) is 0 Å². The summed E-state index contributed by atoms with van der Waals surface area (Å²) in [7, 11) is -0.826. The van der Waals surface area contributed by atoms with Crippen molar-refractivity contribution in [2.24, 2.45) is 0 Å². The highest BCUT2D eigenvalue weighted by atomic mass is 32.2. The summed E-state index contributed by atoms with van der Waals surface area (Å²) in [5.41, 5.74) is 0.422. The van der Waals surface area contributed by atoms with Gasteiger partial charge in [0.25, 0.3) is 5.69 Å². The van der Waals surface area contributed by atoms with Gasteiger partial charge >= 0.3 is 0 Å². The molecular weight excluding hydrogens is 336 g/mol. The van der Waals surface area contributed by atoms with Gasteiger partial charge in [0, 0.05) is 24.2 Å². The number of methoxy groups -OCH3 is 2. The van der Waals surface area contributed by atoms with E-state index >= 15 is 0 Å². The Morgan fingerprint density at radius 3 is 2.29 bits per heavy atom. The molecule has 128 valence electrons. The number of nitro groups is 1. The number of hydrogen-bond acceptors (Lipinski definition) is 6. The molecule has 8 nitrogen and oxygen atoms in total. The average Bonchev–Trinajstić information content (AvgIpc) is 2.59. The van der Waals surface area contributed by atoms with Gasteiger partial charge in [-0.2, -0.15) is 0 Å². The van der Waals surface area contributed by atoms with Crippen LogP contribution < -0.4 is 14.2 Å². The van der Waals surface area contributed by atoms with Gasteiger partial charge in [0.15, 0.2) is 0 Å². The zero-order valence-electron chi connectivity index (χ0n) is 13.1. The lowest BCUT2D eigenvalue weighted by molar-refractivity contribution is -0.384. The molecule has 0 saturated heterocycles. The molecule has 2 aromatic rings. The Morgan fingerprint density at radius 1 is 1.08 bits per heavy atom. The Morgan fingerprint density at radius 2 is 1.75 bits per heavy atom. The number of nitrogens with one attached hydrogen (secondary N) is 1. The van der Waals surface area contributed by atoms with Crippen molar-refractivity contribution in [2.45, 2.75) is 11.4 Å². The molecule has 0 bridgehead atoms. The number of ether oxygens (including phenoxy) is 2. The summed E-state index contributed by atoms with van der Waals surface area (Å²) in [5, 5.41) is 10.6. The Kier molecular flexibility index (Phi) is 5.37. The van der Waals surface area contributed by atoms with E-state index < -0.39 is 14.9 Å². The number of nitro benzene ring substituents is 1. The van der Waals surface area contributed by atoms with Crippen molar-refractivity contribution < 1.29 is 22.8 Å². The third kappa shape index (κ3) is 4.00. The van der Waals surface area contributed by atoms with Gasteiger partial charge in [-0.15, -0.1) is 0 Å². The minimum absolute atomic E-state index is 0.0142. The predicted octanol–water partition coefficient (Wildman–Crippen LogP) is 2.09. The fourth-order valence-corrected chi connectivity index (χ4v) is 3.03. The van der Waals surface area contributed by atoms with Crippen molar-refractivity contribution in [1.82, 2.24) is 4.72 Å². The summed E-state index contributed by atoms with van der Waals surface area (Å²) in [6, 6.07) is 9.69. The van der Waals surface area contributed by atoms with Crippen molar-refractivity contribution in [3.63, 3.8) is 0 Å². The monoisotopic (exact) mass is 352 g/mol. The van der Waals surface area contributed by atoms with Crippen LogP contribution >= 0.6 is 0 Å². The maximum Gasteiger partial charge on any atom is 0.269 e. The first-order valence-electron chi connectivity index (χ1n) is 6.82. The van der Waals surface area contributed by atoms with Crippen molar-refractivity contribution in [2.75, 3.05) is 14.2 Å². The van der Waals surface area contributed by atoms with Gasteiger partial charge in [0.05, 0.1) is 24.0 Å². The topological polar surface area (TPSA) is 108 Å². The first-order chi connectivity index (χ1) is 11.4. The Labute approximate surface area is 139 Å². The number of benzene rings is 2. The van der Waals surface area contributed by atoms with E-state index in [1.54, 1.807) is 18.2 Å². The molecule has 0 spiro atoms. The summed E-state index contributed by atoms with van der Waals surface area (Å²) in [4.78, 5) is 9.97. The van der Waals surface area contributed by atoms with Crippen LogP contribution in [0.4, 0.5) is 5.69 Å². The lowest BCUT2D eigenvalue weighted by atomic mass is 10.2. The van der Waals surface area contributed by atoms with E-state index in [4.69, 9.17) is 9.47 Å². The maximum atomic E-state index is 12.3. The van der Waals surface area contributed by atoms with Gasteiger partial charge in [-0.05, 0) is 30.3 Å². The van der Waals surface area contributed by atoms with Crippen molar-refractivity contribution in [3.8, 4) is 11.5 Å². The van der Waals surface area contributed by atoms with E-state index in [0.717, 1.165) is 12.1 Å². The molecule has 0 heterocycles. The minimum atomic E-state index is -3.81. The normalized spacial score (nSPS) is 11.1. The van der Waals surface area contributed by atoms with Crippen LogP contribution in [-0.2, 0) is 16.6 Å². The van der Waals surface area contributed by atoms with Crippen LogP contribution in [-0.4, -0.2) is 27.6 Å². The molecule has 0 radical (unpaired) electrons. The first-order valence-corrected chi connectivity index (χ1v) is 8.30. The molecule has 2 rings (SSSR count). The van der Waals surface area contributed by atoms with Crippen molar-refractivity contribution >= 4 is 15.7 Å². The van der Waals surface area contributed by atoms with Gasteiger partial charge in [-0.3, -0.25) is 10.1 Å². The average molecular weight is 352 g/mol. The van der Waals surface area contributed by atoms with Crippen molar-refractivity contribution in [3.05, 3.63) is 58.1 Å². The zero-order chi connectivity index (χ0) is 17.7. The van der Waals surface area contributed by atoms with Crippen LogP contribution in [0.2, 0.25) is 0 Å². The fourth-order valence-electron chi connectivity index (χ4n) is 2.02. The van der Waals surface area contributed by atoms with E-state index in [1.165, 1.54) is 26.4 Å².